The Balaban J connectivity index is 3.13. The van der Waals surface area contributed by atoms with E-state index in [1.807, 2.05) is 0 Å². The van der Waals surface area contributed by atoms with Crippen LogP contribution in [0.3, 0.4) is 0 Å². The van der Waals surface area contributed by atoms with Gasteiger partial charge in [0.1, 0.15) is 5.56 Å². The lowest BCUT2D eigenvalue weighted by Gasteiger charge is -2.07. The predicted molar refractivity (Wildman–Crippen MR) is 38.8 cm³/mol. The molecule has 1 aromatic heterocycles. The molecule has 0 aromatic carbocycles. The Morgan fingerprint density at radius 1 is 1.31 bits per heavy atom. The zero-order valence-electron chi connectivity index (χ0n) is 6.20. The molecule has 1 nitrogen and oxygen atoms in total. The van der Waals surface area contributed by atoms with Crippen LogP contribution in [0, 0.1) is 5.95 Å². The molecule has 1 heterocycles. The molecule has 0 bridgehead atoms. The van der Waals surface area contributed by atoms with Crippen molar-refractivity contribution in [1.82, 2.24) is 4.98 Å². The Morgan fingerprint density at radius 2 is 1.92 bits per heavy atom. The fourth-order valence-electron chi connectivity index (χ4n) is 0.758. The fraction of sp³-hybridized carbons (Fsp3) is 0.286. The Hall–Kier alpha value is -0.840. The van der Waals surface area contributed by atoms with Crippen molar-refractivity contribution in [2.45, 2.75) is 12.1 Å². The topological polar surface area (TPSA) is 12.9 Å². The van der Waals surface area contributed by atoms with Gasteiger partial charge in [-0.3, -0.25) is 0 Å². The third-order valence-electron chi connectivity index (χ3n) is 1.35. The van der Waals surface area contributed by atoms with Crippen LogP contribution >= 0.6 is 11.6 Å². The maximum atomic E-state index is 12.6. The molecule has 0 unspecified atom stereocenters. The highest BCUT2D eigenvalue weighted by Crippen LogP contribution is 2.30. The molecule has 1 rings (SSSR count). The number of halogens is 5. The average molecular weight is 214 g/mol. The van der Waals surface area contributed by atoms with Crippen molar-refractivity contribution in [1.29, 1.82) is 0 Å². The zero-order valence-corrected chi connectivity index (χ0v) is 6.95. The van der Waals surface area contributed by atoms with Crippen LogP contribution in [-0.2, 0) is 12.1 Å². The van der Waals surface area contributed by atoms with Crippen LogP contribution in [0.4, 0.5) is 17.6 Å². The van der Waals surface area contributed by atoms with Gasteiger partial charge in [0.25, 0.3) is 0 Å². The lowest BCUT2D eigenvalue weighted by Crippen LogP contribution is -2.10. The highest BCUT2D eigenvalue weighted by Gasteiger charge is 2.34. The molecule has 0 fully saturated rings. The molecule has 0 radical (unpaired) electrons. The van der Waals surface area contributed by atoms with Crippen LogP contribution in [-0.4, -0.2) is 4.98 Å². The molecule has 0 atom stereocenters. The molecule has 0 saturated heterocycles. The first-order valence-corrected chi connectivity index (χ1v) is 3.77. The monoisotopic (exact) mass is 213 g/mol. The molecule has 0 saturated carbocycles. The standard InChI is InChI=1S/C7H4ClF4N/c8-3-4-1-2-5(6(9)13-4)7(10,11)12/h1-2H,3H2. The van der Waals surface area contributed by atoms with E-state index in [1.54, 1.807) is 0 Å². The predicted octanol–water partition coefficient (Wildman–Crippen LogP) is 2.98. The first kappa shape index (κ1) is 10.2. The van der Waals surface area contributed by atoms with Crippen LogP contribution < -0.4 is 0 Å². The summed E-state index contributed by atoms with van der Waals surface area (Å²) in [5.74, 6) is -1.65. The van der Waals surface area contributed by atoms with Gasteiger partial charge in [-0.15, -0.1) is 11.6 Å². The minimum atomic E-state index is -4.71. The van der Waals surface area contributed by atoms with Gasteiger partial charge in [-0.25, -0.2) is 4.98 Å². The van der Waals surface area contributed by atoms with Gasteiger partial charge in [0.15, 0.2) is 0 Å². The normalized spacial score (nSPS) is 11.8. The molecule has 6 heteroatoms. The summed E-state index contributed by atoms with van der Waals surface area (Å²) in [5, 5.41) is 0. The zero-order chi connectivity index (χ0) is 10.1. The second-order valence-corrected chi connectivity index (χ2v) is 2.54. The maximum absolute atomic E-state index is 12.6. The molecule has 1 aromatic rings. The van der Waals surface area contributed by atoms with Crippen LogP contribution in [0.15, 0.2) is 12.1 Å². The number of aromatic nitrogens is 1. The van der Waals surface area contributed by atoms with Gasteiger partial charge in [-0.05, 0) is 12.1 Å². The van der Waals surface area contributed by atoms with Crippen molar-refractivity contribution >= 4 is 11.6 Å². The lowest BCUT2D eigenvalue weighted by molar-refractivity contribution is -0.140. The van der Waals surface area contributed by atoms with E-state index < -0.39 is 17.7 Å². The van der Waals surface area contributed by atoms with E-state index in [0.29, 0.717) is 6.07 Å². The third-order valence-corrected chi connectivity index (χ3v) is 1.62. The quantitative estimate of drug-likeness (QED) is 0.397. The second kappa shape index (κ2) is 3.49. The van der Waals surface area contributed by atoms with Gasteiger partial charge in [0, 0.05) is 0 Å². The molecule has 0 amide bonds. The lowest BCUT2D eigenvalue weighted by atomic mass is 10.2. The summed E-state index contributed by atoms with van der Waals surface area (Å²) >= 11 is 5.26. The summed E-state index contributed by atoms with van der Waals surface area (Å²) < 4.78 is 48.6. The molecule has 0 aliphatic carbocycles. The maximum Gasteiger partial charge on any atom is 0.420 e. The van der Waals surface area contributed by atoms with Crippen LogP contribution in [0.25, 0.3) is 0 Å². The van der Waals surface area contributed by atoms with E-state index in [4.69, 9.17) is 11.6 Å². The van der Waals surface area contributed by atoms with E-state index in [2.05, 4.69) is 4.98 Å². The molecule has 0 aliphatic rings. The fourth-order valence-corrected chi connectivity index (χ4v) is 0.907. The number of nitrogens with zero attached hydrogens (tertiary/aromatic N) is 1. The largest absolute Gasteiger partial charge is 0.420 e. The van der Waals surface area contributed by atoms with Crippen LogP contribution in [0.5, 0.6) is 0 Å². The van der Waals surface area contributed by atoms with Gasteiger partial charge in [0.05, 0.1) is 11.6 Å². The average Bonchev–Trinajstić information content (AvgIpc) is 2.01. The molecule has 0 spiro atoms. The summed E-state index contributed by atoms with van der Waals surface area (Å²) in [6, 6.07) is 1.67. The summed E-state index contributed by atoms with van der Waals surface area (Å²) in [5.41, 5.74) is -1.30. The van der Waals surface area contributed by atoms with Gasteiger partial charge in [0.2, 0.25) is 5.95 Å². The van der Waals surface area contributed by atoms with Gasteiger partial charge < -0.3 is 0 Å². The molecule has 0 N–H and O–H groups in total. The van der Waals surface area contributed by atoms with Crippen molar-refractivity contribution in [3.63, 3.8) is 0 Å². The first-order chi connectivity index (χ1) is 5.95. The van der Waals surface area contributed by atoms with Crippen LogP contribution in [0.1, 0.15) is 11.3 Å². The smallest absolute Gasteiger partial charge is 0.223 e. The Labute approximate surface area is 76.3 Å². The van der Waals surface area contributed by atoms with Gasteiger partial charge in [-0.2, -0.15) is 17.6 Å². The summed E-state index contributed by atoms with van der Waals surface area (Å²) in [6.45, 7) is 0. The Bertz CT molecular complexity index is 310. The molecular weight excluding hydrogens is 210 g/mol. The summed E-state index contributed by atoms with van der Waals surface area (Å²) in [4.78, 5) is 3.04. The number of hydrogen-bond acceptors (Lipinski definition) is 1. The van der Waals surface area contributed by atoms with E-state index in [9.17, 15) is 17.6 Å². The molecule has 13 heavy (non-hydrogen) atoms. The summed E-state index contributed by atoms with van der Waals surface area (Å²) in [7, 11) is 0. The van der Waals surface area contributed by atoms with Crippen molar-refractivity contribution < 1.29 is 17.6 Å². The van der Waals surface area contributed by atoms with Crippen molar-refractivity contribution in [2.75, 3.05) is 0 Å². The number of alkyl halides is 4. The number of rotatable bonds is 1. The second-order valence-electron chi connectivity index (χ2n) is 2.27. The van der Waals surface area contributed by atoms with Crippen molar-refractivity contribution in [3.8, 4) is 0 Å². The number of hydrogen-bond donors (Lipinski definition) is 0. The van der Waals surface area contributed by atoms with Crippen LogP contribution in [0.2, 0.25) is 0 Å². The Morgan fingerprint density at radius 3 is 2.31 bits per heavy atom. The summed E-state index contributed by atoms with van der Waals surface area (Å²) in [6.07, 6.45) is -4.71. The SMILES string of the molecule is Fc1nc(CCl)ccc1C(F)(F)F. The van der Waals surface area contributed by atoms with Gasteiger partial charge in [-0.1, -0.05) is 0 Å². The molecule has 0 aliphatic heterocycles. The molecule has 72 valence electrons. The third kappa shape index (κ3) is 2.30. The van der Waals surface area contributed by atoms with E-state index in [-0.39, 0.29) is 11.6 Å². The van der Waals surface area contributed by atoms with E-state index in [0.717, 1.165) is 6.07 Å². The van der Waals surface area contributed by atoms with Crippen molar-refractivity contribution in [2.24, 2.45) is 0 Å². The van der Waals surface area contributed by atoms with E-state index >= 15 is 0 Å². The minimum Gasteiger partial charge on any atom is -0.223 e. The number of pyridine rings is 1. The van der Waals surface area contributed by atoms with Gasteiger partial charge >= 0.3 is 6.18 Å². The van der Waals surface area contributed by atoms with Crippen molar-refractivity contribution in [3.05, 3.63) is 29.3 Å². The first-order valence-electron chi connectivity index (χ1n) is 3.23. The van der Waals surface area contributed by atoms with E-state index in [1.165, 1.54) is 0 Å². The highest BCUT2D eigenvalue weighted by molar-refractivity contribution is 6.16. The molecular formula is C7H4ClF4N. The Kier molecular flexibility index (Phi) is 2.75. The highest BCUT2D eigenvalue weighted by atomic mass is 35.5. The minimum absolute atomic E-state index is 0.0761.